The lowest BCUT2D eigenvalue weighted by molar-refractivity contribution is -0.384. The van der Waals surface area contributed by atoms with Gasteiger partial charge in [-0.15, -0.1) is 0 Å². The van der Waals surface area contributed by atoms with Gasteiger partial charge in [0.05, 0.1) is 16.8 Å². The van der Waals surface area contributed by atoms with Crippen molar-refractivity contribution >= 4 is 23.4 Å². The molecule has 1 aromatic carbocycles. The van der Waals surface area contributed by atoms with E-state index in [1.807, 2.05) is 0 Å². The predicted molar refractivity (Wildman–Crippen MR) is 87.1 cm³/mol. The van der Waals surface area contributed by atoms with Crippen LogP contribution < -0.4 is 5.43 Å². The van der Waals surface area contributed by atoms with Crippen LogP contribution in [-0.4, -0.2) is 27.7 Å². The van der Waals surface area contributed by atoms with Crippen molar-refractivity contribution in [2.75, 3.05) is 0 Å². The molecular formula is C18H15N3O5. The van der Waals surface area contributed by atoms with E-state index in [1.54, 1.807) is 0 Å². The number of imide groups is 1. The van der Waals surface area contributed by atoms with Crippen molar-refractivity contribution in [2.24, 2.45) is 35.5 Å². The molecule has 2 saturated carbocycles. The predicted octanol–water partition coefficient (Wildman–Crippen LogP) is 1.29. The molecule has 3 fully saturated rings. The summed E-state index contributed by atoms with van der Waals surface area (Å²) in [6.07, 6.45) is 5.20. The molecular weight excluding hydrogens is 338 g/mol. The summed E-state index contributed by atoms with van der Waals surface area (Å²) in [6.45, 7) is 0. The Balaban J connectivity index is 1.37. The van der Waals surface area contributed by atoms with Gasteiger partial charge in [-0.1, -0.05) is 12.2 Å². The Morgan fingerprint density at radius 3 is 2.08 bits per heavy atom. The Labute approximate surface area is 148 Å². The van der Waals surface area contributed by atoms with Gasteiger partial charge in [-0.25, -0.2) is 0 Å². The molecule has 6 atom stereocenters. The van der Waals surface area contributed by atoms with E-state index < -0.39 is 10.8 Å². The number of hydrogen-bond donors (Lipinski definition) is 1. The van der Waals surface area contributed by atoms with Gasteiger partial charge in [-0.05, 0) is 42.2 Å². The number of allylic oxidation sites excluding steroid dienone is 2. The molecule has 1 saturated heterocycles. The minimum absolute atomic E-state index is 0.0905. The van der Waals surface area contributed by atoms with Crippen LogP contribution >= 0.6 is 0 Å². The first-order chi connectivity index (χ1) is 12.5. The van der Waals surface area contributed by atoms with Crippen molar-refractivity contribution in [1.29, 1.82) is 0 Å². The Morgan fingerprint density at radius 1 is 1.04 bits per heavy atom. The molecule has 1 aliphatic heterocycles. The van der Waals surface area contributed by atoms with Crippen LogP contribution in [0.3, 0.4) is 0 Å². The van der Waals surface area contributed by atoms with Crippen molar-refractivity contribution in [1.82, 2.24) is 10.4 Å². The second-order valence-electron chi connectivity index (χ2n) is 7.41. The number of non-ortho nitro benzene ring substituents is 1. The zero-order valence-electron chi connectivity index (χ0n) is 13.6. The van der Waals surface area contributed by atoms with E-state index in [4.69, 9.17) is 0 Å². The molecule has 6 unspecified atom stereocenters. The van der Waals surface area contributed by atoms with Crippen molar-refractivity contribution in [2.45, 2.75) is 6.42 Å². The lowest BCUT2D eigenvalue weighted by Gasteiger charge is -2.37. The van der Waals surface area contributed by atoms with Crippen LogP contribution in [0.25, 0.3) is 0 Å². The molecule has 3 amide bonds. The topological polar surface area (TPSA) is 110 Å². The smallest absolute Gasteiger partial charge is 0.270 e. The average molecular weight is 353 g/mol. The van der Waals surface area contributed by atoms with Crippen LogP contribution in [0.4, 0.5) is 5.69 Å². The summed E-state index contributed by atoms with van der Waals surface area (Å²) in [4.78, 5) is 48.1. The zero-order valence-corrected chi connectivity index (χ0v) is 13.6. The zero-order chi connectivity index (χ0) is 18.2. The third kappa shape index (κ3) is 1.92. The van der Waals surface area contributed by atoms with Gasteiger partial charge in [0.15, 0.2) is 0 Å². The monoisotopic (exact) mass is 353 g/mol. The highest BCUT2D eigenvalue weighted by Crippen LogP contribution is 2.65. The normalized spacial score (nSPS) is 35.9. The van der Waals surface area contributed by atoms with E-state index in [1.165, 1.54) is 24.3 Å². The number of hydrazine groups is 1. The van der Waals surface area contributed by atoms with Crippen molar-refractivity contribution in [3.63, 3.8) is 0 Å². The van der Waals surface area contributed by atoms with E-state index in [9.17, 15) is 24.5 Å². The number of nitro groups is 1. The molecule has 1 N–H and O–H groups in total. The number of amides is 3. The lowest BCUT2D eigenvalue weighted by atomic mass is 9.63. The van der Waals surface area contributed by atoms with E-state index in [0.717, 1.165) is 11.4 Å². The second-order valence-corrected chi connectivity index (χ2v) is 7.41. The first-order valence-electron chi connectivity index (χ1n) is 8.59. The van der Waals surface area contributed by atoms with Crippen LogP contribution in [0.1, 0.15) is 16.8 Å². The van der Waals surface area contributed by atoms with Crippen LogP contribution in [-0.2, 0) is 9.59 Å². The number of nitrogens with zero attached hydrogens (tertiary/aromatic N) is 2. The summed E-state index contributed by atoms with van der Waals surface area (Å²) in [5, 5.41) is 11.5. The molecule has 1 heterocycles. The third-order valence-electron chi connectivity index (χ3n) is 6.22. The van der Waals surface area contributed by atoms with Gasteiger partial charge in [0.2, 0.25) is 0 Å². The number of nitrogens with one attached hydrogen (secondary N) is 1. The summed E-state index contributed by atoms with van der Waals surface area (Å²) in [5.41, 5.74) is 2.41. The summed E-state index contributed by atoms with van der Waals surface area (Å²) >= 11 is 0. The fourth-order valence-electron chi connectivity index (χ4n) is 4.97. The number of carbonyl (C=O) groups is 3. The van der Waals surface area contributed by atoms with Crippen LogP contribution in [0.2, 0.25) is 0 Å². The average Bonchev–Trinajstić information content (AvgIpc) is 3.43. The van der Waals surface area contributed by atoms with Gasteiger partial charge in [0.25, 0.3) is 23.4 Å². The van der Waals surface area contributed by atoms with Gasteiger partial charge < -0.3 is 0 Å². The van der Waals surface area contributed by atoms with Gasteiger partial charge in [0.1, 0.15) is 0 Å². The third-order valence-corrected chi connectivity index (χ3v) is 6.22. The van der Waals surface area contributed by atoms with E-state index in [-0.39, 0.29) is 46.7 Å². The molecule has 0 aromatic heterocycles. The number of rotatable bonds is 3. The molecule has 4 aliphatic carbocycles. The summed E-state index contributed by atoms with van der Waals surface area (Å²) < 4.78 is 0. The summed E-state index contributed by atoms with van der Waals surface area (Å²) in [6, 6.07) is 5.01. The van der Waals surface area contributed by atoms with E-state index >= 15 is 0 Å². The van der Waals surface area contributed by atoms with Gasteiger partial charge in [-0.3, -0.25) is 29.9 Å². The quantitative estimate of drug-likeness (QED) is 0.381. The number of benzene rings is 1. The highest BCUT2D eigenvalue weighted by atomic mass is 16.6. The van der Waals surface area contributed by atoms with E-state index in [0.29, 0.717) is 11.8 Å². The lowest BCUT2D eigenvalue weighted by Crippen LogP contribution is -2.46. The number of nitro benzene ring substituents is 1. The molecule has 132 valence electrons. The number of hydrogen-bond acceptors (Lipinski definition) is 5. The molecule has 2 bridgehead atoms. The molecule has 5 aliphatic rings. The highest BCUT2D eigenvalue weighted by molar-refractivity contribution is 6.08. The van der Waals surface area contributed by atoms with Crippen LogP contribution in [0, 0.1) is 45.6 Å². The van der Waals surface area contributed by atoms with Gasteiger partial charge in [-0.2, -0.15) is 5.01 Å². The largest absolute Gasteiger partial charge is 0.272 e. The Morgan fingerprint density at radius 2 is 1.58 bits per heavy atom. The SMILES string of the molecule is O=C(NN1C(=O)C2C3C=CC(C4CC34)C2C1=O)c1ccc([N+](=O)[O-])cc1. The summed E-state index contributed by atoms with van der Waals surface area (Å²) in [5.74, 6) is -0.912. The molecule has 26 heavy (non-hydrogen) atoms. The van der Waals surface area contributed by atoms with Crippen molar-refractivity contribution in [3.8, 4) is 0 Å². The van der Waals surface area contributed by atoms with E-state index in [2.05, 4.69) is 17.6 Å². The molecule has 8 heteroatoms. The molecule has 8 nitrogen and oxygen atoms in total. The maximum absolute atomic E-state index is 12.8. The second kappa shape index (κ2) is 5.00. The standard InChI is InChI=1S/C18H15N3O5/c22-16(8-1-3-9(4-2-8)21(25)26)19-20-17(23)14-10-5-6-11(13-7-12(10)13)15(14)18(20)24/h1-6,10-15H,7H2,(H,19,22). The molecule has 1 aromatic rings. The van der Waals surface area contributed by atoms with Gasteiger partial charge >= 0.3 is 0 Å². The number of carbonyl (C=O) groups excluding carboxylic acids is 3. The highest BCUT2D eigenvalue weighted by Gasteiger charge is 2.67. The molecule has 0 spiro atoms. The maximum Gasteiger partial charge on any atom is 0.270 e. The van der Waals surface area contributed by atoms with Gasteiger partial charge in [0, 0.05) is 17.7 Å². The maximum atomic E-state index is 12.8. The van der Waals surface area contributed by atoms with Crippen LogP contribution in [0.15, 0.2) is 36.4 Å². The minimum atomic E-state index is -0.634. The Bertz CT molecular complexity index is 857. The minimum Gasteiger partial charge on any atom is -0.272 e. The van der Waals surface area contributed by atoms with Crippen LogP contribution in [0.5, 0.6) is 0 Å². The van der Waals surface area contributed by atoms with Crippen molar-refractivity contribution in [3.05, 3.63) is 52.1 Å². The Hall–Kier alpha value is -3.03. The first-order valence-corrected chi connectivity index (χ1v) is 8.59. The fraction of sp³-hybridized carbons (Fsp3) is 0.389. The molecule has 0 radical (unpaired) electrons. The Kier molecular flexibility index (Phi) is 2.93. The van der Waals surface area contributed by atoms with Crippen molar-refractivity contribution < 1.29 is 19.3 Å². The summed E-state index contributed by atoms with van der Waals surface area (Å²) in [7, 11) is 0. The first kappa shape index (κ1) is 15.2. The molecule has 6 rings (SSSR count). The fourth-order valence-corrected chi connectivity index (χ4v) is 4.97.